The maximum Gasteiger partial charge on any atom is 0.0325 e. The molecule has 0 aromatic heterocycles. The van der Waals surface area contributed by atoms with Crippen LogP contribution in [0.1, 0.15) is 0 Å². The normalized spacial score (nSPS) is 10.1. The van der Waals surface area contributed by atoms with Crippen molar-refractivity contribution in [2.24, 2.45) is 0 Å². The topological polar surface area (TPSA) is 83.5 Å². The van der Waals surface area contributed by atoms with Gasteiger partial charge in [-0.05, 0) is 70.8 Å². The highest BCUT2D eigenvalue weighted by atomic mass is 79.9. The molecule has 0 spiro atoms. The molecule has 0 heterocycles. The predicted octanol–water partition coefficient (Wildman–Crippen LogP) is 9.62. The lowest BCUT2D eigenvalue weighted by atomic mass is 10.1. The Balaban J connectivity index is 0.000000227. The fourth-order valence-electron chi connectivity index (χ4n) is 2.92. The molecular weight excluding hydrogens is 812 g/mol. The van der Waals surface area contributed by atoms with Gasteiger partial charge in [0.1, 0.15) is 0 Å². The quantitative estimate of drug-likeness (QED) is 0.198. The molecule has 4 aromatic carbocycles. The molecule has 33 heavy (non-hydrogen) atoms. The second-order valence-electron chi connectivity index (χ2n) is 6.73. The number of benzene rings is 4. The summed E-state index contributed by atoms with van der Waals surface area (Å²) < 4.78 is 6.19. The summed E-state index contributed by atoms with van der Waals surface area (Å²) in [5.74, 6) is 0. The van der Waals surface area contributed by atoms with Gasteiger partial charge in [0.25, 0.3) is 0 Å². The maximum absolute atomic E-state index is 5.72. The van der Waals surface area contributed by atoms with E-state index in [1.54, 1.807) is 0 Å². The van der Waals surface area contributed by atoms with Crippen LogP contribution in [0.5, 0.6) is 0 Å². The molecule has 0 radical (unpaired) electrons. The van der Waals surface area contributed by atoms with Crippen molar-refractivity contribution in [2.75, 3.05) is 11.5 Å². The summed E-state index contributed by atoms with van der Waals surface area (Å²) >= 11 is 21.0. The fraction of sp³-hybridized carbons (Fsp3) is 0. The summed E-state index contributed by atoms with van der Waals surface area (Å²) in [4.78, 5) is 0. The fourth-order valence-corrected chi connectivity index (χ4v) is 6.66. The van der Waals surface area contributed by atoms with Crippen molar-refractivity contribution < 1.29 is 5.48 Å². The van der Waals surface area contributed by atoms with Gasteiger partial charge in [0.15, 0.2) is 0 Å². The summed E-state index contributed by atoms with van der Waals surface area (Å²) in [5, 5.41) is 0. The van der Waals surface area contributed by atoms with E-state index >= 15 is 0 Å². The molecule has 0 saturated carbocycles. The molecule has 0 fully saturated rings. The van der Waals surface area contributed by atoms with Crippen molar-refractivity contribution in [2.45, 2.75) is 0 Å². The molecule has 3 nitrogen and oxygen atoms in total. The zero-order valence-corrected chi connectivity index (χ0v) is 26.4. The van der Waals surface area contributed by atoms with E-state index in [1.807, 2.05) is 60.7 Å². The monoisotopic (exact) mass is 824 g/mol. The first kappa shape index (κ1) is 28.6. The average Bonchev–Trinajstić information content (AvgIpc) is 2.70. The van der Waals surface area contributed by atoms with Gasteiger partial charge in [-0.25, -0.2) is 0 Å². The standard InChI is InChI=1S/2C12H8Br3N.H2O/c2*13-7-1-3-9(11(14)5-7)10-4-2-8(16)6-12(10)15;/h2*1-6H,16H2;1H2. The van der Waals surface area contributed by atoms with E-state index in [0.717, 1.165) is 60.5 Å². The van der Waals surface area contributed by atoms with Gasteiger partial charge >= 0.3 is 0 Å². The first-order chi connectivity index (χ1) is 15.2. The lowest BCUT2D eigenvalue weighted by Gasteiger charge is -2.08. The molecule has 0 aliphatic carbocycles. The van der Waals surface area contributed by atoms with E-state index in [0.29, 0.717) is 0 Å². The third-order valence-corrected chi connectivity index (χ3v) is 8.04. The molecule has 6 N–H and O–H groups in total. The Kier molecular flexibility index (Phi) is 11.1. The van der Waals surface area contributed by atoms with Gasteiger partial charge in [-0.2, -0.15) is 0 Å². The van der Waals surface area contributed by atoms with E-state index in [9.17, 15) is 0 Å². The highest BCUT2D eigenvalue weighted by Gasteiger charge is 2.08. The second kappa shape index (κ2) is 12.9. The lowest BCUT2D eigenvalue weighted by Crippen LogP contribution is -1.87. The number of hydrogen-bond donors (Lipinski definition) is 2. The molecule has 4 aromatic rings. The minimum absolute atomic E-state index is 0. The van der Waals surface area contributed by atoms with Gasteiger partial charge in [-0.15, -0.1) is 0 Å². The molecule has 4 rings (SSSR count). The molecule has 0 bridgehead atoms. The number of halogens is 6. The molecule has 172 valence electrons. The minimum Gasteiger partial charge on any atom is -0.412 e. The highest BCUT2D eigenvalue weighted by molar-refractivity contribution is 9.11. The average molecular weight is 830 g/mol. The van der Waals surface area contributed by atoms with Crippen LogP contribution >= 0.6 is 95.6 Å². The van der Waals surface area contributed by atoms with Gasteiger partial charge in [0, 0.05) is 38.2 Å². The molecule has 0 atom stereocenters. The zero-order valence-electron chi connectivity index (χ0n) is 16.9. The molecular formula is C24H18Br6N2O. The second-order valence-corrected chi connectivity index (χ2v) is 12.0. The van der Waals surface area contributed by atoms with Gasteiger partial charge < -0.3 is 16.9 Å². The third kappa shape index (κ3) is 7.65. The Morgan fingerprint density at radius 3 is 0.939 bits per heavy atom. The summed E-state index contributed by atoms with van der Waals surface area (Å²) in [5.41, 5.74) is 17.5. The number of anilines is 2. The first-order valence-corrected chi connectivity index (χ1v) is 13.9. The van der Waals surface area contributed by atoms with Crippen LogP contribution in [0.2, 0.25) is 0 Å². The van der Waals surface area contributed by atoms with E-state index in [4.69, 9.17) is 11.5 Å². The van der Waals surface area contributed by atoms with Crippen LogP contribution in [0, 0.1) is 0 Å². The smallest absolute Gasteiger partial charge is 0.0325 e. The number of nitrogen functional groups attached to an aromatic ring is 2. The van der Waals surface area contributed by atoms with Crippen LogP contribution in [0.15, 0.2) is 99.6 Å². The Morgan fingerprint density at radius 2 is 0.667 bits per heavy atom. The predicted molar refractivity (Wildman–Crippen MR) is 162 cm³/mol. The van der Waals surface area contributed by atoms with Gasteiger partial charge in [0.2, 0.25) is 0 Å². The zero-order chi connectivity index (χ0) is 23.4. The summed E-state index contributed by atoms with van der Waals surface area (Å²) in [6, 6.07) is 23.8. The van der Waals surface area contributed by atoms with E-state index < -0.39 is 0 Å². The van der Waals surface area contributed by atoms with Crippen LogP contribution in [-0.2, 0) is 0 Å². The van der Waals surface area contributed by atoms with Crippen molar-refractivity contribution in [1.29, 1.82) is 0 Å². The van der Waals surface area contributed by atoms with E-state index in [1.165, 1.54) is 0 Å². The highest BCUT2D eigenvalue weighted by Crippen LogP contribution is 2.37. The minimum atomic E-state index is 0. The van der Waals surface area contributed by atoms with Gasteiger partial charge in [-0.3, -0.25) is 0 Å². The summed E-state index contributed by atoms with van der Waals surface area (Å²) in [6.07, 6.45) is 0. The Bertz CT molecular complexity index is 1080. The molecule has 0 aliphatic rings. The molecule has 0 unspecified atom stereocenters. The molecule has 9 heteroatoms. The van der Waals surface area contributed by atoms with E-state index in [-0.39, 0.29) is 5.48 Å². The van der Waals surface area contributed by atoms with Crippen molar-refractivity contribution in [3.8, 4) is 22.3 Å². The van der Waals surface area contributed by atoms with Crippen LogP contribution in [-0.4, -0.2) is 5.48 Å². The lowest BCUT2D eigenvalue weighted by molar-refractivity contribution is 0.824. The van der Waals surface area contributed by atoms with Crippen molar-refractivity contribution in [3.05, 3.63) is 99.6 Å². The number of hydrogen-bond acceptors (Lipinski definition) is 2. The van der Waals surface area contributed by atoms with Crippen molar-refractivity contribution >= 4 is 107 Å². The number of rotatable bonds is 2. The molecule has 0 saturated heterocycles. The van der Waals surface area contributed by atoms with E-state index in [2.05, 4.69) is 108 Å². The Labute approximate surface area is 243 Å². The van der Waals surface area contributed by atoms with Gasteiger partial charge in [0.05, 0.1) is 0 Å². The first-order valence-electron chi connectivity index (χ1n) is 9.16. The summed E-state index contributed by atoms with van der Waals surface area (Å²) in [7, 11) is 0. The Morgan fingerprint density at radius 1 is 0.394 bits per heavy atom. The SMILES string of the molecule is Nc1ccc(-c2ccc(Br)cc2Br)c(Br)c1.Nc1ccc(-c2ccc(Br)cc2Br)c(Br)c1.O. The molecule has 0 amide bonds. The van der Waals surface area contributed by atoms with Gasteiger partial charge in [-0.1, -0.05) is 120 Å². The molecule has 0 aliphatic heterocycles. The maximum atomic E-state index is 5.72. The van der Waals surface area contributed by atoms with Crippen LogP contribution in [0.4, 0.5) is 11.4 Å². The summed E-state index contributed by atoms with van der Waals surface area (Å²) in [6.45, 7) is 0. The van der Waals surface area contributed by atoms with Crippen molar-refractivity contribution in [3.63, 3.8) is 0 Å². The van der Waals surface area contributed by atoms with Crippen LogP contribution in [0.25, 0.3) is 22.3 Å². The Hall–Kier alpha value is -0.680. The van der Waals surface area contributed by atoms with Crippen molar-refractivity contribution in [1.82, 2.24) is 0 Å². The third-order valence-electron chi connectivity index (χ3n) is 4.43. The van der Waals surface area contributed by atoms with Crippen LogP contribution < -0.4 is 11.5 Å². The van der Waals surface area contributed by atoms with Crippen LogP contribution in [0.3, 0.4) is 0 Å². The number of nitrogens with two attached hydrogens (primary N) is 2. The largest absolute Gasteiger partial charge is 0.412 e.